The monoisotopic (exact) mass is 355 g/mol. The van der Waals surface area contributed by atoms with Crippen LogP contribution in [-0.4, -0.2) is 22.4 Å². The highest BCUT2D eigenvalue weighted by atomic mass is 35.5. The van der Waals surface area contributed by atoms with Crippen molar-refractivity contribution in [2.75, 3.05) is 6.54 Å². The summed E-state index contributed by atoms with van der Waals surface area (Å²) in [7, 11) is 0. The lowest BCUT2D eigenvalue weighted by Gasteiger charge is -2.13. The molecule has 2 N–H and O–H groups in total. The van der Waals surface area contributed by atoms with E-state index < -0.39 is 11.8 Å². The zero-order valence-electron chi connectivity index (χ0n) is 11.8. The predicted octanol–water partition coefficient (Wildman–Crippen LogP) is 3.73. The Bertz CT molecular complexity index is 832. The van der Waals surface area contributed by atoms with Crippen LogP contribution in [0.15, 0.2) is 36.1 Å². The lowest BCUT2D eigenvalue weighted by Crippen LogP contribution is -2.38. The summed E-state index contributed by atoms with van der Waals surface area (Å²) in [5.41, 5.74) is 3.08. The van der Waals surface area contributed by atoms with Crippen LogP contribution in [0.3, 0.4) is 0 Å². The third-order valence-corrected chi connectivity index (χ3v) is 4.51. The van der Waals surface area contributed by atoms with Gasteiger partial charge in [0.1, 0.15) is 4.88 Å². The molecular formula is C15H12ClF2N3OS. The van der Waals surface area contributed by atoms with Crippen LogP contribution in [-0.2, 0) is 17.1 Å². The first-order valence-corrected chi connectivity index (χ1v) is 8.05. The third kappa shape index (κ3) is 3.20. The fourth-order valence-electron chi connectivity index (χ4n) is 2.26. The zero-order chi connectivity index (χ0) is 16.4. The van der Waals surface area contributed by atoms with Crippen molar-refractivity contribution in [2.45, 2.75) is 12.3 Å². The first-order chi connectivity index (χ1) is 11.0. The molecule has 120 valence electrons. The Hall–Kier alpha value is -1.99. The van der Waals surface area contributed by atoms with E-state index >= 15 is 0 Å². The topological polar surface area (TPSA) is 57.8 Å². The number of alkyl halides is 2. The van der Waals surface area contributed by atoms with E-state index in [0.29, 0.717) is 11.4 Å². The van der Waals surface area contributed by atoms with E-state index in [0.717, 1.165) is 34.0 Å². The molecule has 0 aliphatic rings. The number of aromatic amines is 1. The lowest BCUT2D eigenvalue weighted by atomic mass is 10.1. The van der Waals surface area contributed by atoms with Crippen molar-refractivity contribution >= 4 is 39.7 Å². The van der Waals surface area contributed by atoms with Crippen LogP contribution in [0.4, 0.5) is 8.78 Å². The van der Waals surface area contributed by atoms with Gasteiger partial charge in [0.05, 0.1) is 5.51 Å². The second-order valence-corrected chi connectivity index (χ2v) is 6.27. The first kappa shape index (κ1) is 15.9. The number of hydrogen-bond acceptors (Lipinski definition) is 3. The number of halogens is 3. The smallest absolute Gasteiger partial charge is 0.360 e. The second-order valence-electron chi connectivity index (χ2n) is 4.95. The predicted molar refractivity (Wildman–Crippen MR) is 86.0 cm³/mol. The van der Waals surface area contributed by atoms with E-state index in [1.165, 1.54) is 5.51 Å². The van der Waals surface area contributed by atoms with Gasteiger partial charge in [0, 0.05) is 34.9 Å². The number of carbonyl (C=O) groups is 1. The van der Waals surface area contributed by atoms with Crippen LogP contribution < -0.4 is 5.32 Å². The molecular weight excluding hydrogens is 344 g/mol. The fraction of sp³-hybridized carbons (Fsp3) is 0.200. The maximum atomic E-state index is 13.9. The number of nitrogens with zero attached hydrogens (tertiary/aromatic N) is 1. The van der Waals surface area contributed by atoms with Gasteiger partial charge in [-0.2, -0.15) is 8.78 Å². The average Bonchev–Trinajstić information content (AvgIpc) is 3.17. The van der Waals surface area contributed by atoms with E-state index in [9.17, 15) is 13.6 Å². The van der Waals surface area contributed by atoms with E-state index in [-0.39, 0.29) is 11.4 Å². The molecule has 0 unspecified atom stereocenters. The number of amides is 1. The number of thiazole rings is 1. The van der Waals surface area contributed by atoms with Crippen LogP contribution in [0.5, 0.6) is 0 Å². The molecule has 2 heterocycles. The Balaban J connectivity index is 1.65. The highest BCUT2D eigenvalue weighted by Crippen LogP contribution is 2.30. The van der Waals surface area contributed by atoms with Crippen LogP contribution in [0.2, 0.25) is 5.02 Å². The summed E-state index contributed by atoms with van der Waals surface area (Å²) in [5.74, 6) is -4.88. The molecule has 0 saturated carbocycles. The molecule has 0 bridgehead atoms. The maximum absolute atomic E-state index is 13.9. The highest BCUT2D eigenvalue weighted by molar-refractivity contribution is 7.09. The lowest BCUT2D eigenvalue weighted by molar-refractivity contribution is -0.146. The van der Waals surface area contributed by atoms with Gasteiger partial charge in [0.25, 0.3) is 5.91 Å². The van der Waals surface area contributed by atoms with Crippen molar-refractivity contribution in [3.8, 4) is 0 Å². The minimum atomic E-state index is -3.56. The number of H-pyrrole nitrogens is 1. The van der Waals surface area contributed by atoms with Crippen molar-refractivity contribution in [2.24, 2.45) is 0 Å². The van der Waals surface area contributed by atoms with Gasteiger partial charge in [-0.05, 0) is 30.2 Å². The van der Waals surface area contributed by atoms with Crippen LogP contribution >= 0.6 is 22.9 Å². The minimum Gasteiger partial charge on any atom is -0.361 e. The molecule has 0 spiro atoms. The highest BCUT2D eigenvalue weighted by Gasteiger charge is 2.42. The summed E-state index contributed by atoms with van der Waals surface area (Å²) >= 11 is 6.71. The standard InChI is InChI=1S/C15H12ClF2N3OS/c16-10-1-2-12-11(5-10)9(6-21-12)3-4-20-14(22)15(17,18)13-7-19-8-23-13/h1-2,5-8,21H,3-4H2,(H,20,22). The number of carbonyl (C=O) groups excluding carboxylic acids is 1. The number of aromatic nitrogens is 2. The van der Waals surface area contributed by atoms with Gasteiger partial charge in [-0.1, -0.05) is 11.6 Å². The average molecular weight is 356 g/mol. The Kier molecular flexibility index (Phi) is 4.32. The summed E-state index contributed by atoms with van der Waals surface area (Å²) in [6.07, 6.45) is 3.21. The molecule has 0 saturated heterocycles. The maximum Gasteiger partial charge on any atom is 0.360 e. The third-order valence-electron chi connectivity index (χ3n) is 3.44. The Morgan fingerprint density at radius 2 is 2.26 bits per heavy atom. The molecule has 0 aliphatic carbocycles. The van der Waals surface area contributed by atoms with E-state index in [1.807, 2.05) is 6.07 Å². The number of benzene rings is 1. The number of nitrogens with one attached hydrogen (secondary N) is 2. The van der Waals surface area contributed by atoms with Crippen molar-refractivity contribution in [3.63, 3.8) is 0 Å². The summed E-state index contributed by atoms with van der Waals surface area (Å²) < 4.78 is 27.8. The van der Waals surface area contributed by atoms with Gasteiger partial charge < -0.3 is 10.3 Å². The first-order valence-electron chi connectivity index (χ1n) is 6.79. The molecule has 1 aromatic carbocycles. The van der Waals surface area contributed by atoms with Gasteiger partial charge in [-0.3, -0.25) is 9.78 Å². The molecule has 3 rings (SSSR count). The van der Waals surface area contributed by atoms with E-state index in [2.05, 4.69) is 15.3 Å². The summed E-state index contributed by atoms with van der Waals surface area (Å²) in [5, 5.41) is 3.79. The molecule has 0 atom stereocenters. The molecule has 2 aromatic heterocycles. The Morgan fingerprint density at radius 3 is 3.00 bits per heavy atom. The van der Waals surface area contributed by atoms with Crippen LogP contribution in [0, 0.1) is 0 Å². The van der Waals surface area contributed by atoms with Crippen LogP contribution in [0.1, 0.15) is 10.4 Å². The number of hydrogen-bond donors (Lipinski definition) is 2. The summed E-state index contributed by atoms with van der Waals surface area (Å²) in [4.78, 5) is 18.0. The molecule has 4 nitrogen and oxygen atoms in total. The van der Waals surface area contributed by atoms with Gasteiger partial charge in [0.2, 0.25) is 0 Å². The van der Waals surface area contributed by atoms with Crippen molar-refractivity contribution < 1.29 is 13.6 Å². The molecule has 0 aliphatic heterocycles. The van der Waals surface area contributed by atoms with Gasteiger partial charge >= 0.3 is 5.92 Å². The Morgan fingerprint density at radius 1 is 1.43 bits per heavy atom. The Labute approximate surface area is 139 Å². The van der Waals surface area contributed by atoms with Gasteiger partial charge in [-0.25, -0.2) is 0 Å². The molecule has 0 fully saturated rings. The van der Waals surface area contributed by atoms with Crippen LogP contribution in [0.25, 0.3) is 10.9 Å². The largest absolute Gasteiger partial charge is 0.361 e. The fourth-order valence-corrected chi connectivity index (χ4v) is 3.03. The molecule has 8 heteroatoms. The SMILES string of the molecule is O=C(NCCc1c[nH]c2ccc(Cl)cc12)C(F)(F)c1cncs1. The quantitative estimate of drug-likeness (QED) is 0.732. The van der Waals surface area contributed by atoms with Crippen molar-refractivity contribution in [3.05, 3.63) is 51.6 Å². The van der Waals surface area contributed by atoms with E-state index in [1.54, 1.807) is 18.3 Å². The minimum absolute atomic E-state index is 0.104. The number of fused-ring (bicyclic) bond motifs is 1. The normalized spacial score (nSPS) is 11.8. The molecule has 23 heavy (non-hydrogen) atoms. The van der Waals surface area contributed by atoms with E-state index in [4.69, 9.17) is 11.6 Å². The number of rotatable bonds is 5. The molecule has 3 aromatic rings. The van der Waals surface area contributed by atoms with Gasteiger partial charge in [0.15, 0.2) is 0 Å². The summed E-state index contributed by atoms with van der Waals surface area (Å²) in [6, 6.07) is 5.41. The van der Waals surface area contributed by atoms with Crippen molar-refractivity contribution in [1.29, 1.82) is 0 Å². The summed E-state index contributed by atoms with van der Waals surface area (Å²) in [6.45, 7) is 0.104. The molecule has 1 amide bonds. The second kappa shape index (κ2) is 6.25. The molecule has 0 radical (unpaired) electrons. The van der Waals surface area contributed by atoms with Gasteiger partial charge in [-0.15, -0.1) is 11.3 Å². The van der Waals surface area contributed by atoms with Crippen molar-refractivity contribution in [1.82, 2.24) is 15.3 Å². The zero-order valence-corrected chi connectivity index (χ0v) is 13.3.